The van der Waals surface area contributed by atoms with Crippen molar-refractivity contribution in [2.24, 2.45) is 0 Å². The van der Waals surface area contributed by atoms with Crippen molar-refractivity contribution in [3.05, 3.63) is 28.2 Å². The van der Waals surface area contributed by atoms with E-state index in [1.165, 1.54) is 12.8 Å². The number of nitrogens with zero attached hydrogens (tertiary/aromatic N) is 1. The minimum Gasteiger partial charge on any atom is -0.303 e. The van der Waals surface area contributed by atoms with Crippen molar-refractivity contribution in [1.29, 1.82) is 0 Å². The zero-order chi connectivity index (χ0) is 15.5. The van der Waals surface area contributed by atoms with E-state index in [0.29, 0.717) is 12.5 Å². The van der Waals surface area contributed by atoms with Gasteiger partial charge < -0.3 is 4.90 Å². The molecule has 1 fully saturated rings. The molecular weight excluding hydrogens is 366 g/mol. The van der Waals surface area contributed by atoms with Crippen LogP contribution in [0.1, 0.15) is 19.3 Å². The summed E-state index contributed by atoms with van der Waals surface area (Å²) in [6.07, 6.45) is 3.01. The largest absolute Gasteiger partial charge is 0.303 e. The highest BCUT2D eigenvalue weighted by molar-refractivity contribution is 9.10. The Morgan fingerprint density at radius 3 is 2.52 bits per heavy atom. The van der Waals surface area contributed by atoms with E-state index >= 15 is 0 Å². The van der Waals surface area contributed by atoms with Gasteiger partial charge in [0.1, 0.15) is 16.5 Å². The van der Waals surface area contributed by atoms with Crippen LogP contribution in [0, 0.1) is 11.6 Å². The monoisotopic (exact) mass is 382 g/mol. The summed E-state index contributed by atoms with van der Waals surface area (Å²) in [6.45, 7) is 3.13. The van der Waals surface area contributed by atoms with Crippen LogP contribution in [0.4, 0.5) is 8.78 Å². The van der Waals surface area contributed by atoms with Crippen molar-refractivity contribution >= 4 is 26.0 Å². The minimum absolute atomic E-state index is 0.118. The molecule has 0 bridgehead atoms. The molecule has 8 heteroatoms. The normalized spacial score (nSPS) is 16.5. The molecule has 0 unspecified atom stereocenters. The molecule has 1 aliphatic heterocycles. The van der Waals surface area contributed by atoms with Crippen LogP contribution >= 0.6 is 15.9 Å². The van der Waals surface area contributed by atoms with Crippen LogP contribution in [-0.4, -0.2) is 39.5 Å². The maximum atomic E-state index is 13.7. The van der Waals surface area contributed by atoms with Gasteiger partial charge in [-0.1, -0.05) is 0 Å². The lowest BCUT2D eigenvalue weighted by molar-refractivity contribution is 0.334. The standard InChI is InChI=1S/C13H17BrF2N2O2S/c14-11-8-10(15)9-12(16)13(11)21(19,20)17-4-3-7-18-5-1-2-6-18/h8-9,17H,1-7H2. The Kier molecular flexibility index (Phi) is 5.70. The van der Waals surface area contributed by atoms with Gasteiger partial charge >= 0.3 is 0 Å². The van der Waals surface area contributed by atoms with Gasteiger partial charge in [0.15, 0.2) is 0 Å². The molecule has 1 saturated heterocycles. The Bertz CT molecular complexity index is 581. The lowest BCUT2D eigenvalue weighted by Gasteiger charge is -2.14. The van der Waals surface area contributed by atoms with Gasteiger partial charge in [-0.3, -0.25) is 0 Å². The van der Waals surface area contributed by atoms with E-state index in [9.17, 15) is 17.2 Å². The second-order valence-corrected chi connectivity index (χ2v) is 7.56. The second kappa shape index (κ2) is 7.13. The molecule has 1 heterocycles. The number of hydrogen-bond donors (Lipinski definition) is 1. The van der Waals surface area contributed by atoms with E-state index in [2.05, 4.69) is 25.6 Å². The lowest BCUT2D eigenvalue weighted by Crippen LogP contribution is -2.29. The van der Waals surface area contributed by atoms with Crippen molar-refractivity contribution in [2.45, 2.75) is 24.2 Å². The summed E-state index contributed by atoms with van der Waals surface area (Å²) >= 11 is 2.89. The first-order valence-corrected chi connectivity index (χ1v) is 9.04. The smallest absolute Gasteiger partial charge is 0.244 e. The van der Waals surface area contributed by atoms with Crippen molar-refractivity contribution in [2.75, 3.05) is 26.2 Å². The van der Waals surface area contributed by atoms with Gasteiger partial charge in [-0.2, -0.15) is 0 Å². The Morgan fingerprint density at radius 1 is 1.24 bits per heavy atom. The van der Waals surface area contributed by atoms with Gasteiger partial charge in [-0.05, 0) is 60.9 Å². The van der Waals surface area contributed by atoms with E-state index in [-0.39, 0.29) is 11.0 Å². The van der Waals surface area contributed by atoms with E-state index in [1.807, 2.05) is 0 Å². The minimum atomic E-state index is -3.99. The fourth-order valence-electron chi connectivity index (χ4n) is 2.37. The van der Waals surface area contributed by atoms with Crippen LogP contribution < -0.4 is 4.72 Å². The number of likely N-dealkylation sites (tertiary alicyclic amines) is 1. The van der Waals surface area contributed by atoms with E-state index in [4.69, 9.17) is 0 Å². The molecule has 21 heavy (non-hydrogen) atoms. The Balaban J connectivity index is 1.95. The Labute approximate surface area is 131 Å². The topological polar surface area (TPSA) is 49.4 Å². The van der Waals surface area contributed by atoms with E-state index in [1.54, 1.807) is 0 Å². The van der Waals surface area contributed by atoms with E-state index in [0.717, 1.165) is 25.7 Å². The first kappa shape index (κ1) is 16.8. The third-order valence-electron chi connectivity index (χ3n) is 3.37. The first-order valence-electron chi connectivity index (χ1n) is 6.77. The highest BCUT2D eigenvalue weighted by atomic mass is 79.9. The molecule has 2 rings (SSSR count). The molecule has 0 radical (unpaired) electrons. The molecule has 4 nitrogen and oxygen atoms in total. The molecule has 0 aromatic heterocycles. The van der Waals surface area contributed by atoms with Crippen molar-refractivity contribution in [3.63, 3.8) is 0 Å². The van der Waals surface area contributed by atoms with Crippen LogP contribution in [0.25, 0.3) is 0 Å². The molecule has 0 atom stereocenters. The molecule has 0 amide bonds. The summed E-state index contributed by atoms with van der Waals surface area (Å²) in [5.74, 6) is -1.93. The van der Waals surface area contributed by atoms with Gasteiger partial charge in [-0.15, -0.1) is 0 Å². The molecule has 0 saturated carbocycles. The summed E-state index contributed by atoms with van der Waals surface area (Å²) in [5.41, 5.74) is 0. The fraction of sp³-hybridized carbons (Fsp3) is 0.538. The van der Waals surface area contributed by atoms with Gasteiger partial charge in [0.25, 0.3) is 0 Å². The molecule has 0 aliphatic carbocycles. The predicted molar refractivity (Wildman–Crippen MR) is 79.5 cm³/mol. The zero-order valence-electron chi connectivity index (χ0n) is 11.4. The summed E-state index contributed by atoms with van der Waals surface area (Å²) in [7, 11) is -3.99. The summed E-state index contributed by atoms with van der Waals surface area (Å²) < 4.78 is 53.0. The van der Waals surface area contributed by atoms with Crippen LogP contribution in [0.5, 0.6) is 0 Å². The van der Waals surface area contributed by atoms with Crippen LogP contribution in [0.15, 0.2) is 21.5 Å². The average Bonchev–Trinajstić information content (AvgIpc) is 2.86. The van der Waals surface area contributed by atoms with Gasteiger partial charge in [0.2, 0.25) is 10.0 Å². The fourth-order valence-corrected chi connectivity index (χ4v) is 4.61. The number of sulfonamides is 1. The van der Waals surface area contributed by atoms with E-state index < -0.39 is 26.6 Å². The van der Waals surface area contributed by atoms with Crippen molar-refractivity contribution in [1.82, 2.24) is 9.62 Å². The van der Waals surface area contributed by atoms with Crippen LogP contribution in [-0.2, 0) is 10.0 Å². The highest BCUT2D eigenvalue weighted by Gasteiger charge is 2.23. The van der Waals surface area contributed by atoms with Crippen molar-refractivity contribution < 1.29 is 17.2 Å². The molecule has 0 spiro atoms. The number of rotatable bonds is 6. The molecule has 1 aromatic carbocycles. The van der Waals surface area contributed by atoms with Crippen LogP contribution in [0.3, 0.4) is 0 Å². The number of halogens is 3. The lowest BCUT2D eigenvalue weighted by atomic mass is 10.3. The second-order valence-electron chi connectivity index (χ2n) is 5.00. The zero-order valence-corrected chi connectivity index (χ0v) is 13.8. The maximum absolute atomic E-state index is 13.7. The predicted octanol–water partition coefficient (Wildman–Crippen LogP) is 2.49. The number of nitrogens with one attached hydrogen (secondary N) is 1. The quantitative estimate of drug-likeness (QED) is 0.768. The Morgan fingerprint density at radius 2 is 1.90 bits per heavy atom. The molecule has 118 valence electrons. The molecule has 1 N–H and O–H groups in total. The number of hydrogen-bond acceptors (Lipinski definition) is 3. The molecule has 1 aromatic rings. The first-order chi connectivity index (χ1) is 9.90. The molecule has 1 aliphatic rings. The highest BCUT2D eigenvalue weighted by Crippen LogP contribution is 2.26. The summed E-state index contributed by atoms with van der Waals surface area (Å²) in [6, 6.07) is 1.49. The SMILES string of the molecule is O=S(=O)(NCCCN1CCCC1)c1c(F)cc(F)cc1Br. The number of benzene rings is 1. The van der Waals surface area contributed by atoms with Gasteiger partial charge in [0.05, 0.1) is 0 Å². The third-order valence-corrected chi connectivity index (χ3v) is 5.80. The van der Waals surface area contributed by atoms with Crippen molar-refractivity contribution in [3.8, 4) is 0 Å². The van der Waals surface area contributed by atoms with Crippen LogP contribution in [0.2, 0.25) is 0 Å². The Hall–Kier alpha value is -0.570. The molecular formula is C13H17BrF2N2O2S. The van der Waals surface area contributed by atoms with Gasteiger partial charge in [0, 0.05) is 17.1 Å². The average molecular weight is 383 g/mol. The summed E-state index contributed by atoms with van der Waals surface area (Å²) in [5, 5.41) is 0. The van der Waals surface area contributed by atoms with Gasteiger partial charge in [-0.25, -0.2) is 21.9 Å². The summed E-state index contributed by atoms with van der Waals surface area (Å²) in [4.78, 5) is 1.72. The third kappa shape index (κ3) is 4.45. The maximum Gasteiger partial charge on any atom is 0.244 e.